The predicted octanol–water partition coefficient (Wildman–Crippen LogP) is 1.65. The van der Waals surface area contributed by atoms with E-state index in [0.29, 0.717) is 12.2 Å². The molecule has 3 rings (SSSR count). The predicted molar refractivity (Wildman–Crippen MR) is 99.0 cm³/mol. The van der Waals surface area contributed by atoms with Gasteiger partial charge < -0.3 is 25.5 Å². The molecule has 1 atom stereocenters. The summed E-state index contributed by atoms with van der Waals surface area (Å²) in [5.41, 5.74) is 0.658. The van der Waals surface area contributed by atoms with Crippen molar-refractivity contribution in [2.45, 2.75) is 38.2 Å². The van der Waals surface area contributed by atoms with Gasteiger partial charge in [-0.25, -0.2) is 9.78 Å². The van der Waals surface area contributed by atoms with Crippen LogP contribution in [-0.2, 0) is 0 Å². The quantitative estimate of drug-likeness (QED) is 0.729. The van der Waals surface area contributed by atoms with Crippen LogP contribution in [0.2, 0.25) is 0 Å². The van der Waals surface area contributed by atoms with Crippen molar-refractivity contribution in [1.82, 2.24) is 15.2 Å². The number of aliphatic hydroxyl groups is 1. The number of hydrogen-bond acceptors (Lipinski definition) is 5. The Bertz CT molecular complexity index is 539. The summed E-state index contributed by atoms with van der Waals surface area (Å²) in [5.74, 6) is 0.959. The number of rotatable bonds is 6. The van der Waals surface area contributed by atoms with Gasteiger partial charge in [0.25, 0.3) is 0 Å². The molecule has 7 heteroatoms. The number of hydrogen-bond donors (Lipinski definition) is 3. The van der Waals surface area contributed by atoms with Crippen molar-refractivity contribution in [2.24, 2.45) is 0 Å². The van der Waals surface area contributed by atoms with Crippen molar-refractivity contribution in [1.29, 1.82) is 0 Å². The van der Waals surface area contributed by atoms with Crippen molar-refractivity contribution in [3.05, 3.63) is 18.3 Å². The Morgan fingerprint density at radius 1 is 1.12 bits per heavy atom. The summed E-state index contributed by atoms with van der Waals surface area (Å²) >= 11 is 0. The van der Waals surface area contributed by atoms with E-state index in [1.165, 1.54) is 32.1 Å². The van der Waals surface area contributed by atoms with Gasteiger partial charge in [-0.05, 0) is 50.9 Å². The third-order valence-electron chi connectivity index (χ3n) is 4.85. The van der Waals surface area contributed by atoms with E-state index in [9.17, 15) is 9.90 Å². The number of carbonyl (C=O) groups is 1. The number of aliphatic hydroxyl groups excluding tert-OH is 1. The van der Waals surface area contributed by atoms with Crippen LogP contribution in [0.1, 0.15) is 32.1 Å². The number of β-amino-alcohol motifs (C(OH)–C–C–N with tert-alkyl or cyclic N) is 1. The van der Waals surface area contributed by atoms with Crippen molar-refractivity contribution in [3.8, 4) is 0 Å². The molecule has 2 aliphatic rings. The van der Waals surface area contributed by atoms with E-state index in [-0.39, 0.29) is 12.6 Å². The van der Waals surface area contributed by atoms with Crippen LogP contribution in [0.15, 0.2) is 18.3 Å². The van der Waals surface area contributed by atoms with E-state index in [1.54, 1.807) is 6.20 Å². The Morgan fingerprint density at radius 2 is 1.84 bits per heavy atom. The van der Waals surface area contributed by atoms with Gasteiger partial charge in [-0.1, -0.05) is 6.42 Å². The van der Waals surface area contributed by atoms with Crippen molar-refractivity contribution < 1.29 is 9.90 Å². The van der Waals surface area contributed by atoms with Crippen LogP contribution in [0.4, 0.5) is 16.3 Å². The molecule has 1 aromatic rings. The molecule has 0 radical (unpaired) electrons. The lowest BCUT2D eigenvalue weighted by Crippen LogP contribution is -2.43. The second-order valence-electron chi connectivity index (χ2n) is 6.95. The third kappa shape index (κ3) is 5.57. The summed E-state index contributed by atoms with van der Waals surface area (Å²) in [6, 6.07) is 3.49. The van der Waals surface area contributed by atoms with Crippen LogP contribution in [-0.4, -0.2) is 66.4 Å². The molecule has 2 aliphatic heterocycles. The minimum atomic E-state index is -0.542. The molecule has 1 aromatic heterocycles. The van der Waals surface area contributed by atoms with E-state index in [0.717, 1.165) is 32.0 Å². The molecule has 0 unspecified atom stereocenters. The number of likely N-dealkylation sites (tertiary alicyclic amines) is 1. The van der Waals surface area contributed by atoms with Gasteiger partial charge in [-0.2, -0.15) is 0 Å². The highest BCUT2D eigenvalue weighted by molar-refractivity contribution is 5.89. The monoisotopic (exact) mass is 347 g/mol. The minimum Gasteiger partial charge on any atom is -0.390 e. The van der Waals surface area contributed by atoms with E-state index in [4.69, 9.17) is 0 Å². The standard InChI is InChI=1S/C18H29N5O2/c24-16(14-22-8-2-1-3-9-22)13-20-18(25)21-15-6-7-17(19-12-15)23-10-4-5-11-23/h6-7,12,16,24H,1-5,8-11,13-14H2,(H2,20,21,25)/t16-/m0/s1. The second kappa shape index (κ2) is 9.01. The fourth-order valence-electron chi connectivity index (χ4n) is 3.48. The normalized spacial score (nSPS) is 19.6. The zero-order valence-electron chi connectivity index (χ0n) is 14.8. The van der Waals surface area contributed by atoms with Crippen molar-refractivity contribution in [2.75, 3.05) is 49.5 Å². The summed E-state index contributed by atoms with van der Waals surface area (Å²) in [6.45, 7) is 5.05. The highest BCUT2D eigenvalue weighted by Gasteiger charge is 2.16. The Labute approximate surface area is 149 Å². The van der Waals surface area contributed by atoms with Crippen LogP contribution >= 0.6 is 0 Å². The zero-order valence-corrected chi connectivity index (χ0v) is 14.8. The van der Waals surface area contributed by atoms with Crippen LogP contribution in [0.5, 0.6) is 0 Å². The molecule has 25 heavy (non-hydrogen) atoms. The molecular formula is C18H29N5O2. The van der Waals surface area contributed by atoms with Gasteiger partial charge in [0.1, 0.15) is 5.82 Å². The molecule has 0 aromatic carbocycles. The number of anilines is 2. The fraction of sp³-hybridized carbons (Fsp3) is 0.667. The van der Waals surface area contributed by atoms with Crippen LogP contribution in [0.3, 0.4) is 0 Å². The summed E-state index contributed by atoms with van der Waals surface area (Å²) < 4.78 is 0. The summed E-state index contributed by atoms with van der Waals surface area (Å²) in [4.78, 5) is 20.9. The van der Waals surface area contributed by atoms with Crippen molar-refractivity contribution in [3.63, 3.8) is 0 Å². The van der Waals surface area contributed by atoms with E-state index in [2.05, 4.69) is 25.4 Å². The van der Waals surface area contributed by atoms with E-state index in [1.807, 2.05) is 12.1 Å². The number of amides is 2. The Hall–Kier alpha value is -1.86. The summed E-state index contributed by atoms with van der Waals surface area (Å²) in [5, 5.41) is 15.6. The number of piperidine rings is 1. The molecule has 3 heterocycles. The minimum absolute atomic E-state index is 0.252. The first-order valence-electron chi connectivity index (χ1n) is 9.37. The Morgan fingerprint density at radius 3 is 2.52 bits per heavy atom. The smallest absolute Gasteiger partial charge is 0.319 e. The van der Waals surface area contributed by atoms with Crippen LogP contribution in [0, 0.1) is 0 Å². The molecule has 3 N–H and O–H groups in total. The maximum absolute atomic E-state index is 12.0. The highest BCUT2D eigenvalue weighted by Crippen LogP contribution is 2.18. The molecule has 0 bridgehead atoms. The molecule has 0 saturated carbocycles. The highest BCUT2D eigenvalue weighted by atomic mass is 16.3. The Kier molecular flexibility index (Phi) is 6.47. The maximum Gasteiger partial charge on any atom is 0.319 e. The van der Waals surface area contributed by atoms with Gasteiger partial charge in [-0.3, -0.25) is 0 Å². The number of pyridine rings is 1. The lowest BCUT2D eigenvalue weighted by Gasteiger charge is -2.28. The van der Waals surface area contributed by atoms with Gasteiger partial charge >= 0.3 is 6.03 Å². The van der Waals surface area contributed by atoms with Gasteiger partial charge in [0, 0.05) is 26.2 Å². The van der Waals surface area contributed by atoms with Crippen molar-refractivity contribution >= 4 is 17.5 Å². The second-order valence-corrected chi connectivity index (χ2v) is 6.95. The average Bonchev–Trinajstić information content (AvgIpc) is 3.16. The molecule has 2 saturated heterocycles. The van der Waals surface area contributed by atoms with E-state index < -0.39 is 6.10 Å². The SMILES string of the molecule is O=C(NC[C@H](O)CN1CCCCC1)Nc1ccc(N2CCCC2)nc1. The topological polar surface area (TPSA) is 80.7 Å². The number of carbonyl (C=O) groups excluding carboxylic acids is 1. The van der Waals surface area contributed by atoms with Gasteiger partial charge in [0.2, 0.25) is 0 Å². The summed E-state index contributed by atoms with van der Waals surface area (Å²) in [7, 11) is 0. The molecule has 7 nitrogen and oxygen atoms in total. The molecule has 138 valence electrons. The summed E-state index contributed by atoms with van der Waals surface area (Å²) in [6.07, 6.45) is 7.23. The van der Waals surface area contributed by atoms with Gasteiger partial charge in [-0.15, -0.1) is 0 Å². The largest absolute Gasteiger partial charge is 0.390 e. The molecule has 2 fully saturated rings. The lowest BCUT2D eigenvalue weighted by atomic mass is 10.1. The fourth-order valence-corrected chi connectivity index (χ4v) is 3.48. The zero-order chi connectivity index (χ0) is 17.5. The maximum atomic E-state index is 12.0. The third-order valence-corrected chi connectivity index (χ3v) is 4.85. The first-order chi connectivity index (χ1) is 12.2. The molecule has 0 aliphatic carbocycles. The van der Waals surface area contributed by atoms with Crippen LogP contribution in [0.25, 0.3) is 0 Å². The lowest BCUT2D eigenvalue weighted by molar-refractivity contribution is 0.102. The molecule has 0 spiro atoms. The first kappa shape index (κ1) is 17.9. The van der Waals surface area contributed by atoms with E-state index >= 15 is 0 Å². The first-order valence-corrected chi connectivity index (χ1v) is 9.37. The van der Waals surface area contributed by atoms with Gasteiger partial charge in [0.15, 0.2) is 0 Å². The number of urea groups is 1. The van der Waals surface area contributed by atoms with Crippen LogP contribution < -0.4 is 15.5 Å². The van der Waals surface area contributed by atoms with Gasteiger partial charge in [0.05, 0.1) is 18.0 Å². The number of aromatic nitrogens is 1. The molecule has 2 amide bonds. The number of nitrogens with one attached hydrogen (secondary N) is 2. The molecular weight excluding hydrogens is 318 g/mol. The number of nitrogens with zero attached hydrogens (tertiary/aromatic N) is 3. The average molecular weight is 347 g/mol. The Balaban J connectivity index is 1.38.